The molecule has 0 unspecified atom stereocenters. The summed E-state index contributed by atoms with van der Waals surface area (Å²) < 4.78 is 0. The van der Waals surface area contributed by atoms with Gasteiger partial charge in [0.1, 0.15) is 30.2 Å². The number of hydrogen-bond donors (Lipinski definition) is 11. The van der Waals surface area contributed by atoms with Gasteiger partial charge in [0.05, 0.1) is 12.6 Å². The number of nitrogens with two attached hydrogens (primary N) is 3. The highest BCUT2D eigenvalue weighted by atomic mass is 32.1. The van der Waals surface area contributed by atoms with E-state index < -0.39 is 90.1 Å². The summed E-state index contributed by atoms with van der Waals surface area (Å²) in [5.41, 5.74) is 17.7. The molecule has 56 heavy (non-hydrogen) atoms. The van der Waals surface area contributed by atoms with Crippen molar-refractivity contribution in [2.45, 2.75) is 82.2 Å². The van der Waals surface area contributed by atoms with Crippen LogP contribution < -0.4 is 49.1 Å². The minimum atomic E-state index is -1.30. The third kappa shape index (κ3) is 17.1. The van der Waals surface area contributed by atoms with E-state index in [1.807, 2.05) is 13.8 Å². The molecule has 0 aliphatic rings. The molecular formula is C37H53N9O8S2. The predicted molar refractivity (Wildman–Crippen MR) is 216 cm³/mol. The molecule has 0 bridgehead atoms. The molecule has 0 aliphatic carbocycles. The van der Waals surface area contributed by atoms with E-state index in [4.69, 9.17) is 17.2 Å². The Hall–Kier alpha value is -5.14. The first-order valence-corrected chi connectivity index (χ1v) is 19.2. The average molecular weight is 816 g/mol. The van der Waals surface area contributed by atoms with Crippen LogP contribution in [-0.2, 0) is 51.2 Å². The molecule has 19 heteroatoms. The van der Waals surface area contributed by atoms with Crippen LogP contribution in [0.15, 0.2) is 60.7 Å². The number of nitrogens with one attached hydrogen (secondary N) is 6. The molecule has 0 heterocycles. The maximum absolute atomic E-state index is 14.0. The summed E-state index contributed by atoms with van der Waals surface area (Å²) in [7, 11) is 0. The number of hydrogen-bond acceptors (Lipinski definition) is 11. The molecule has 12 N–H and O–H groups in total. The molecular weight excluding hydrogens is 763 g/mol. The maximum Gasteiger partial charge on any atom is 0.243 e. The Morgan fingerprint density at radius 2 is 1.05 bits per heavy atom. The summed E-state index contributed by atoms with van der Waals surface area (Å²) in [5, 5.41) is 15.4. The fourth-order valence-electron chi connectivity index (χ4n) is 5.30. The van der Waals surface area contributed by atoms with Crippen molar-refractivity contribution >= 4 is 72.5 Å². The second-order valence-corrected chi connectivity index (χ2v) is 14.2. The number of carbonyl (C=O) groups is 8. The van der Waals surface area contributed by atoms with E-state index in [1.54, 1.807) is 60.7 Å². The molecule has 0 aromatic heterocycles. The molecule has 2 aromatic rings. The van der Waals surface area contributed by atoms with Gasteiger partial charge in [-0.3, -0.25) is 38.4 Å². The fourth-order valence-corrected chi connectivity index (χ4v) is 5.73. The standard InChI is InChI=1S/C37H53N9O8S2/c1-21(2)15-26(36(53)46-29(20-56)32(40)49)42-31(48)18-41-34(51)27(16-22-9-5-3-6-10-22)44-37(54)28(17-23-11-7-4-8-12-23)45-35(52)25(13-14-30(39)47)43-33(50)24(38)19-55/h3-12,21,24-29,55-56H,13-20,38H2,1-2H3,(H2,39,47)(H2,40,49)(H,41,51)(H,42,48)(H,43,50)(H,44,54)(H,45,52)(H,46,53)/t24-,25-,26-,27-,28-,29-/m0/s1. The second-order valence-electron chi connectivity index (χ2n) is 13.5. The van der Waals surface area contributed by atoms with E-state index in [-0.39, 0.29) is 49.5 Å². The third-order valence-electron chi connectivity index (χ3n) is 8.30. The Morgan fingerprint density at radius 1 is 0.589 bits per heavy atom. The van der Waals surface area contributed by atoms with E-state index >= 15 is 0 Å². The van der Waals surface area contributed by atoms with Crippen LogP contribution >= 0.6 is 25.3 Å². The smallest absolute Gasteiger partial charge is 0.243 e. The van der Waals surface area contributed by atoms with Crippen LogP contribution in [0.5, 0.6) is 0 Å². The minimum Gasteiger partial charge on any atom is -0.370 e. The maximum atomic E-state index is 14.0. The molecule has 2 rings (SSSR count). The molecule has 0 spiro atoms. The van der Waals surface area contributed by atoms with Gasteiger partial charge in [-0.2, -0.15) is 25.3 Å². The topological polar surface area (TPSA) is 287 Å². The van der Waals surface area contributed by atoms with Gasteiger partial charge in [-0.15, -0.1) is 0 Å². The van der Waals surface area contributed by atoms with Gasteiger partial charge in [0.25, 0.3) is 0 Å². The van der Waals surface area contributed by atoms with Crippen LogP contribution in [0.4, 0.5) is 0 Å². The summed E-state index contributed by atoms with van der Waals surface area (Å²) in [6.45, 7) is 3.09. The number of amides is 8. The summed E-state index contributed by atoms with van der Waals surface area (Å²) in [4.78, 5) is 103. The zero-order chi connectivity index (χ0) is 41.8. The van der Waals surface area contributed by atoms with Crippen LogP contribution in [0.25, 0.3) is 0 Å². The Balaban J connectivity index is 2.32. The number of benzene rings is 2. The third-order valence-corrected chi connectivity index (χ3v) is 9.06. The van der Waals surface area contributed by atoms with Crippen molar-refractivity contribution in [3.8, 4) is 0 Å². The van der Waals surface area contributed by atoms with Crippen molar-refractivity contribution in [3.05, 3.63) is 71.8 Å². The van der Waals surface area contributed by atoms with Crippen LogP contribution in [0.1, 0.15) is 44.2 Å². The number of carbonyl (C=O) groups excluding carboxylic acids is 8. The van der Waals surface area contributed by atoms with E-state index in [1.165, 1.54) is 0 Å². The average Bonchev–Trinajstić information content (AvgIpc) is 3.16. The molecule has 17 nitrogen and oxygen atoms in total. The van der Waals surface area contributed by atoms with Crippen molar-refractivity contribution < 1.29 is 38.4 Å². The lowest BCUT2D eigenvalue weighted by atomic mass is 10.0. The first-order valence-electron chi connectivity index (χ1n) is 18.0. The van der Waals surface area contributed by atoms with Crippen molar-refractivity contribution in [2.24, 2.45) is 23.1 Å². The van der Waals surface area contributed by atoms with E-state index in [0.29, 0.717) is 11.1 Å². The van der Waals surface area contributed by atoms with Crippen molar-refractivity contribution in [1.82, 2.24) is 31.9 Å². The lowest BCUT2D eigenvalue weighted by Crippen LogP contribution is -2.59. The first kappa shape index (κ1) is 47.0. The van der Waals surface area contributed by atoms with Crippen molar-refractivity contribution in [3.63, 3.8) is 0 Å². The zero-order valence-corrected chi connectivity index (χ0v) is 33.2. The lowest BCUT2D eigenvalue weighted by molar-refractivity contribution is -0.134. The Morgan fingerprint density at radius 3 is 1.52 bits per heavy atom. The number of primary amides is 2. The highest BCUT2D eigenvalue weighted by molar-refractivity contribution is 7.80. The monoisotopic (exact) mass is 815 g/mol. The van der Waals surface area contributed by atoms with Gasteiger partial charge in [0.15, 0.2) is 0 Å². The zero-order valence-electron chi connectivity index (χ0n) is 31.4. The molecule has 8 amide bonds. The largest absolute Gasteiger partial charge is 0.370 e. The second kappa shape index (κ2) is 24.4. The molecule has 0 aliphatic heterocycles. The van der Waals surface area contributed by atoms with Gasteiger partial charge in [0, 0.05) is 30.8 Å². The highest BCUT2D eigenvalue weighted by Gasteiger charge is 2.32. The van der Waals surface area contributed by atoms with Crippen molar-refractivity contribution in [1.29, 1.82) is 0 Å². The Labute approximate surface area is 337 Å². The van der Waals surface area contributed by atoms with Crippen LogP contribution in [-0.4, -0.2) is 102 Å². The molecule has 0 radical (unpaired) electrons. The lowest BCUT2D eigenvalue weighted by Gasteiger charge is -2.26. The van der Waals surface area contributed by atoms with E-state index in [9.17, 15) is 38.4 Å². The van der Waals surface area contributed by atoms with Gasteiger partial charge in [-0.05, 0) is 29.9 Å². The summed E-state index contributed by atoms with van der Waals surface area (Å²) >= 11 is 8.05. The molecule has 6 atom stereocenters. The number of rotatable bonds is 24. The predicted octanol–water partition coefficient (Wildman–Crippen LogP) is -2.00. The van der Waals surface area contributed by atoms with Gasteiger partial charge < -0.3 is 49.1 Å². The van der Waals surface area contributed by atoms with Gasteiger partial charge in [-0.1, -0.05) is 74.5 Å². The highest BCUT2D eigenvalue weighted by Crippen LogP contribution is 2.10. The van der Waals surface area contributed by atoms with Gasteiger partial charge >= 0.3 is 0 Å². The van der Waals surface area contributed by atoms with Crippen molar-refractivity contribution in [2.75, 3.05) is 18.1 Å². The van der Waals surface area contributed by atoms with Crippen LogP contribution in [0.2, 0.25) is 0 Å². The van der Waals surface area contributed by atoms with E-state index in [2.05, 4.69) is 57.2 Å². The van der Waals surface area contributed by atoms with Crippen LogP contribution in [0, 0.1) is 5.92 Å². The minimum absolute atomic E-state index is 0.0123. The SMILES string of the molecule is CC(C)C[C@H](NC(=O)CNC(=O)[C@H](Cc1ccccc1)NC(=O)[C@H](Cc1ccccc1)NC(=O)[C@H](CCC(N)=O)NC(=O)[C@@H](N)CS)C(=O)N[C@@H](CS)C(N)=O. The van der Waals surface area contributed by atoms with Crippen LogP contribution in [0.3, 0.4) is 0 Å². The summed E-state index contributed by atoms with van der Waals surface area (Å²) in [6.07, 6.45) is -0.283. The molecule has 0 saturated carbocycles. The molecule has 2 aromatic carbocycles. The number of thiol groups is 2. The Bertz CT molecular complexity index is 1650. The first-order chi connectivity index (χ1) is 26.5. The molecule has 306 valence electrons. The van der Waals surface area contributed by atoms with Gasteiger partial charge in [-0.25, -0.2) is 0 Å². The molecule has 0 saturated heterocycles. The van der Waals surface area contributed by atoms with E-state index in [0.717, 1.165) is 0 Å². The Kier molecular flexibility index (Phi) is 20.5. The van der Waals surface area contributed by atoms with Gasteiger partial charge in [0.2, 0.25) is 47.3 Å². The molecule has 0 fully saturated rings. The quantitative estimate of drug-likeness (QED) is 0.0522. The summed E-state index contributed by atoms with van der Waals surface area (Å²) in [6, 6.07) is 10.4. The fraction of sp³-hybridized carbons (Fsp3) is 0.459. The normalized spacial score (nSPS) is 14.1. The summed E-state index contributed by atoms with van der Waals surface area (Å²) in [5.74, 6) is -6.04.